The third kappa shape index (κ3) is 3.26. The number of pyridine rings is 1. The molecule has 2 aromatic heterocycles. The van der Waals surface area contributed by atoms with Gasteiger partial charge in [-0.1, -0.05) is 26.8 Å². The van der Waals surface area contributed by atoms with Gasteiger partial charge in [0.2, 0.25) is 0 Å². The number of rotatable bonds is 4. The van der Waals surface area contributed by atoms with Gasteiger partial charge < -0.3 is 5.73 Å². The number of aromatic nitrogens is 3. The summed E-state index contributed by atoms with van der Waals surface area (Å²) in [5.74, 6) is 1.70. The van der Waals surface area contributed by atoms with Crippen LogP contribution >= 0.6 is 22.6 Å². The van der Waals surface area contributed by atoms with E-state index in [1.165, 1.54) is 0 Å². The Bertz CT molecular complexity index is 611. The van der Waals surface area contributed by atoms with Crippen LogP contribution in [0.4, 0.5) is 5.82 Å². The fourth-order valence-electron chi connectivity index (χ4n) is 2.07. The molecule has 0 unspecified atom stereocenters. The van der Waals surface area contributed by atoms with Crippen molar-refractivity contribution in [3.8, 4) is 11.5 Å². The molecule has 0 aliphatic carbocycles. The molecule has 5 heteroatoms. The Morgan fingerprint density at radius 1 is 1.30 bits per heavy atom. The predicted molar refractivity (Wildman–Crippen MR) is 90.3 cm³/mol. The van der Waals surface area contributed by atoms with Crippen LogP contribution < -0.4 is 5.73 Å². The molecule has 0 spiro atoms. The van der Waals surface area contributed by atoms with Gasteiger partial charge >= 0.3 is 0 Å². The number of nitrogens with zero attached hydrogens (tertiary/aromatic N) is 3. The molecule has 2 rings (SSSR count). The summed E-state index contributed by atoms with van der Waals surface area (Å²) in [6, 6.07) is 4.00. The molecule has 2 N–H and O–H groups in total. The molecule has 0 atom stereocenters. The minimum absolute atomic E-state index is 0.528. The second-order valence-corrected chi connectivity index (χ2v) is 6.23. The minimum Gasteiger partial charge on any atom is -0.383 e. The van der Waals surface area contributed by atoms with E-state index in [-0.39, 0.29) is 0 Å². The zero-order chi connectivity index (χ0) is 14.7. The highest BCUT2D eigenvalue weighted by Gasteiger charge is 2.15. The molecule has 0 saturated heterocycles. The smallest absolute Gasteiger partial charge is 0.180 e. The van der Waals surface area contributed by atoms with Crippen LogP contribution in [0.15, 0.2) is 18.3 Å². The van der Waals surface area contributed by atoms with Crippen LogP contribution in [0.25, 0.3) is 11.5 Å². The molecule has 0 aromatic carbocycles. The Balaban J connectivity index is 2.54. The van der Waals surface area contributed by atoms with E-state index in [1.54, 1.807) is 6.20 Å². The molecule has 0 aliphatic heterocycles. The highest BCUT2D eigenvalue weighted by atomic mass is 127. The molecule has 2 heterocycles. The van der Waals surface area contributed by atoms with E-state index in [0.717, 1.165) is 33.4 Å². The van der Waals surface area contributed by atoms with Crippen molar-refractivity contribution in [2.24, 2.45) is 5.92 Å². The van der Waals surface area contributed by atoms with Crippen LogP contribution in [-0.2, 0) is 12.8 Å². The summed E-state index contributed by atoms with van der Waals surface area (Å²) in [5.41, 5.74) is 9.03. The summed E-state index contributed by atoms with van der Waals surface area (Å²) >= 11 is 2.22. The largest absolute Gasteiger partial charge is 0.383 e. The average Bonchev–Trinajstić information content (AvgIpc) is 2.43. The fraction of sp³-hybridized carbons (Fsp3) is 0.400. The first kappa shape index (κ1) is 15.2. The average molecular weight is 382 g/mol. The van der Waals surface area contributed by atoms with E-state index < -0.39 is 0 Å². The lowest BCUT2D eigenvalue weighted by Gasteiger charge is -2.12. The SMILES string of the molecule is CCc1cccnc1-c1nc(N)c(I)c(CC(C)C)n1. The molecule has 0 aliphatic rings. The van der Waals surface area contributed by atoms with Gasteiger partial charge in [-0.2, -0.15) is 0 Å². The summed E-state index contributed by atoms with van der Waals surface area (Å²) in [7, 11) is 0. The summed E-state index contributed by atoms with van der Waals surface area (Å²) in [6.45, 7) is 6.45. The van der Waals surface area contributed by atoms with Gasteiger partial charge in [0.05, 0.1) is 9.26 Å². The zero-order valence-electron chi connectivity index (χ0n) is 12.0. The van der Waals surface area contributed by atoms with Crippen molar-refractivity contribution < 1.29 is 0 Å². The van der Waals surface area contributed by atoms with Crippen molar-refractivity contribution in [3.05, 3.63) is 33.2 Å². The van der Waals surface area contributed by atoms with Crippen molar-refractivity contribution in [1.82, 2.24) is 15.0 Å². The first-order valence-electron chi connectivity index (χ1n) is 6.79. The number of halogens is 1. The van der Waals surface area contributed by atoms with Crippen molar-refractivity contribution >= 4 is 28.4 Å². The van der Waals surface area contributed by atoms with E-state index in [0.29, 0.717) is 17.6 Å². The summed E-state index contributed by atoms with van der Waals surface area (Å²) in [6.07, 6.45) is 3.57. The van der Waals surface area contributed by atoms with E-state index >= 15 is 0 Å². The number of hydrogen-bond acceptors (Lipinski definition) is 4. The van der Waals surface area contributed by atoms with Gasteiger partial charge in [0.15, 0.2) is 5.82 Å². The Morgan fingerprint density at radius 2 is 2.05 bits per heavy atom. The van der Waals surface area contributed by atoms with E-state index in [1.807, 2.05) is 6.07 Å². The normalized spacial score (nSPS) is 11.1. The molecule has 0 amide bonds. The molecule has 20 heavy (non-hydrogen) atoms. The number of aryl methyl sites for hydroxylation is 1. The van der Waals surface area contributed by atoms with Crippen molar-refractivity contribution in [2.75, 3.05) is 5.73 Å². The number of anilines is 1. The van der Waals surface area contributed by atoms with Gasteiger partial charge in [0, 0.05) is 6.20 Å². The topological polar surface area (TPSA) is 64.7 Å². The monoisotopic (exact) mass is 382 g/mol. The van der Waals surface area contributed by atoms with E-state index in [9.17, 15) is 0 Å². The molecule has 106 valence electrons. The zero-order valence-corrected chi connectivity index (χ0v) is 14.2. The molecule has 0 saturated carbocycles. The predicted octanol–water partition coefficient (Wildman–Crippen LogP) is 3.49. The first-order chi connectivity index (χ1) is 9.52. The van der Waals surface area contributed by atoms with Crippen LogP contribution in [0.1, 0.15) is 32.0 Å². The second-order valence-electron chi connectivity index (χ2n) is 5.16. The Labute approximate surface area is 133 Å². The molecular weight excluding hydrogens is 363 g/mol. The van der Waals surface area contributed by atoms with Crippen molar-refractivity contribution in [3.63, 3.8) is 0 Å². The van der Waals surface area contributed by atoms with Crippen LogP contribution in [0.2, 0.25) is 0 Å². The Hall–Kier alpha value is -1.24. The molecule has 2 aromatic rings. The van der Waals surface area contributed by atoms with Gasteiger partial charge in [-0.3, -0.25) is 4.98 Å². The van der Waals surface area contributed by atoms with Gasteiger partial charge in [0.25, 0.3) is 0 Å². The van der Waals surface area contributed by atoms with E-state index in [2.05, 4.69) is 59.4 Å². The highest BCUT2D eigenvalue weighted by Crippen LogP contribution is 2.24. The summed E-state index contributed by atoms with van der Waals surface area (Å²) in [5, 5.41) is 0. The highest BCUT2D eigenvalue weighted by molar-refractivity contribution is 14.1. The van der Waals surface area contributed by atoms with Gasteiger partial charge in [0.1, 0.15) is 11.5 Å². The maximum absolute atomic E-state index is 6.04. The van der Waals surface area contributed by atoms with Crippen LogP contribution in [0, 0.1) is 9.49 Å². The van der Waals surface area contributed by atoms with Crippen molar-refractivity contribution in [1.29, 1.82) is 0 Å². The maximum Gasteiger partial charge on any atom is 0.180 e. The summed E-state index contributed by atoms with van der Waals surface area (Å²) < 4.78 is 0.953. The van der Waals surface area contributed by atoms with Gasteiger partial charge in [-0.05, 0) is 53.0 Å². The third-order valence-corrected chi connectivity index (χ3v) is 4.21. The standard InChI is InChI=1S/C15H19IN4/c1-4-10-6-5-7-18-13(10)15-19-11(8-9(2)3)12(16)14(17)20-15/h5-7,9H,4,8H2,1-3H3,(H2,17,19,20). The third-order valence-electron chi connectivity index (χ3n) is 3.03. The molecule has 4 nitrogen and oxygen atoms in total. The molecule has 0 radical (unpaired) electrons. The van der Waals surface area contributed by atoms with E-state index in [4.69, 9.17) is 10.7 Å². The molecule has 0 bridgehead atoms. The minimum atomic E-state index is 0.528. The van der Waals surface area contributed by atoms with Crippen molar-refractivity contribution in [2.45, 2.75) is 33.6 Å². The lowest BCUT2D eigenvalue weighted by molar-refractivity contribution is 0.632. The number of nitrogen functional groups attached to an aromatic ring is 1. The maximum atomic E-state index is 6.04. The Kier molecular flexibility index (Phi) is 4.91. The first-order valence-corrected chi connectivity index (χ1v) is 7.87. The molecule has 0 fully saturated rings. The van der Waals surface area contributed by atoms with Gasteiger partial charge in [-0.15, -0.1) is 0 Å². The number of nitrogens with two attached hydrogens (primary N) is 1. The quantitative estimate of drug-likeness (QED) is 0.823. The van der Waals surface area contributed by atoms with Crippen LogP contribution in [0.5, 0.6) is 0 Å². The lowest BCUT2D eigenvalue weighted by atomic mass is 10.1. The fourth-order valence-corrected chi connectivity index (χ4v) is 2.53. The van der Waals surface area contributed by atoms with Crippen LogP contribution in [0.3, 0.4) is 0 Å². The second kappa shape index (κ2) is 6.47. The Morgan fingerprint density at radius 3 is 2.70 bits per heavy atom. The molecular formula is C15H19IN4. The number of hydrogen-bond donors (Lipinski definition) is 1. The van der Waals surface area contributed by atoms with Crippen LogP contribution in [-0.4, -0.2) is 15.0 Å². The van der Waals surface area contributed by atoms with Gasteiger partial charge in [-0.25, -0.2) is 9.97 Å². The summed E-state index contributed by atoms with van der Waals surface area (Å²) in [4.78, 5) is 13.5. The lowest BCUT2D eigenvalue weighted by Crippen LogP contribution is -2.08.